The molecule has 0 bridgehead atoms. The zero-order valence-corrected chi connectivity index (χ0v) is 15.9. The molecular formula is C18H24N4O3S. The van der Waals surface area contributed by atoms with E-state index in [1.165, 1.54) is 17.6 Å². The first-order valence-corrected chi connectivity index (χ1v) is 9.87. The van der Waals surface area contributed by atoms with Gasteiger partial charge in [-0.2, -0.15) is 0 Å². The van der Waals surface area contributed by atoms with Crippen molar-refractivity contribution in [3.8, 4) is 0 Å². The zero-order valence-electron chi connectivity index (χ0n) is 15.1. The second-order valence-corrected chi connectivity index (χ2v) is 7.68. The van der Waals surface area contributed by atoms with Gasteiger partial charge in [-0.3, -0.25) is 9.59 Å². The van der Waals surface area contributed by atoms with Crippen LogP contribution in [0.4, 0.5) is 5.13 Å². The normalized spacial score (nSPS) is 16.5. The first kappa shape index (κ1) is 18.6. The van der Waals surface area contributed by atoms with Crippen molar-refractivity contribution in [3.05, 3.63) is 29.2 Å². The molecule has 2 aromatic heterocycles. The summed E-state index contributed by atoms with van der Waals surface area (Å²) in [6.07, 6.45) is 4.92. The largest absolute Gasteiger partial charge is 0.459 e. The standard InChI is InChI=1S/C18H24N4O3S/c1-3-5-12(2)16-20-21-18(26-16)19-15(23)13-7-9-22(10-8-13)17(24)14-6-4-11-25-14/h4,6,11-13H,3,5,7-10H2,1-2H3,(H,19,21,23). The Balaban J connectivity index is 1.50. The Morgan fingerprint density at radius 1 is 1.38 bits per heavy atom. The van der Waals surface area contributed by atoms with E-state index in [-0.39, 0.29) is 17.7 Å². The van der Waals surface area contributed by atoms with E-state index >= 15 is 0 Å². The number of nitrogens with one attached hydrogen (secondary N) is 1. The van der Waals surface area contributed by atoms with Gasteiger partial charge in [-0.15, -0.1) is 10.2 Å². The van der Waals surface area contributed by atoms with Gasteiger partial charge in [0.05, 0.1) is 6.26 Å². The smallest absolute Gasteiger partial charge is 0.289 e. The highest BCUT2D eigenvalue weighted by molar-refractivity contribution is 7.15. The minimum Gasteiger partial charge on any atom is -0.459 e. The molecule has 1 N–H and O–H groups in total. The van der Waals surface area contributed by atoms with Crippen molar-refractivity contribution in [2.24, 2.45) is 5.92 Å². The Labute approximate surface area is 156 Å². The number of piperidine rings is 1. The van der Waals surface area contributed by atoms with Crippen LogP contribution in [0.2, 0.25) is 0 Å². The van der Waals surface area contributed by atoms with Crippen LogP contribution in [0, 0.1) is 5.92 Å². The number of furan rings is 1. The van der Waals surface area contributed by atoms with Gasteiger partial charge in [0.25, 0.3) is 5.91 Å². The Bertz CT molecular complexity index is 735. The van der Waals surface area contributed by atoms with Crippen molar-refractivity contribution in [1.29, 1.82) is 0 Å². The first-order valence-electron chi connectivity index (χ1n) is 9.05. The molecule has 1 aliphatic heterocycles. The van der Waals surface area contributed by atoms with Gasteiger partial charge in [0.2, 0.25) is 11.0 Å². The Hall–Kier alpha value is -2.22. The molecule has 1 fully saturated rings. The molecule has 0 aromatic carbocycles. The summed E-state index contributed by atoms with van der Waals surface area (Å²) in [6.45, 7) is 5.36. The lowest BCUT2D eigenvalue weighted by molar-refractivity contribution is -0.121. The predicted molar refractivity (Wildman–Crippen MR) is 99.2 cm³/mol. The molecule has 1 atom stereocenters. The molecule has 2 amide bonds. The maximum atomic E-state index is 12.5. The molecule has 7 nitrogen and oxygen atoms in total. The van der Waals surface area contributed by atoms with E-state index in [9.17, 15) is 9.59 Å². The lowest BCUT2D eigenvalue weighted by Crippen LogP contribution is -2.41. The number of hydrogen-bond acceptors (Lipinski definition) is 6. The van der Waals surface area contributed by atoms with Crippen LogP contribution in [0.3, 0.4) is 0 Å². The lowest BCUT2D eigenvalue weighted by Gasteiger charge is -2.30. The van der Waals surface area contributed by atoms with Crippen molar-refractivity contribution in [1.82, 2.24) is 15.1 Å². The third-order valence-electron chi connectivity index (χ3n) is 4.70. The zero-order chi connectivity index (χ0) is 18.5. The molecule has 0 spiro atoms. The summed E-state index contributed by atoms with van der Waals surface area (Å²) in [4.78, 5) is 26.5. The van der Waals surface area contributed by atoms with E-state index in [1.807, 2.05) is 0 Å². The van der Waals surface area contributed by atoms with Crippen LogP contribution >= 0.6 is 11.3 Å². The van der Waals surface area contributed by atoms with Crippen LogP contribution < -0.4 is 5.32 Å². The third kappa shape index (κ3) is 4.30. The van der Waals surface area contributed by atoms with Crippen molar-refractivity contribution in [3.63, 3.8) is 0 Å². The van der Waals surface area contributed by atoms with Gasteiger partial charge in [0.1, 0.15) is 5.01 Å². The number of rotatable bonds is 6. The van der Waals surface area contributed by atoms with Crippen LogP contribution in [0.1, 0.15) is 61.0 Å². The third-order valence-corrected chi connectivity index (χ3v) is 5.77. The number of likely N-dealkylation sites (tertiary alicyclic amines) is 1. The number of aromatic nitrogens is 2. The number of amides is 2. The molecular weight excluding hydrogens is 352 g/mol. The average Bonchev–Trinajstić information content (AvgIpc) is 3.33. The lowest BCUT2D eigenvalue weighted by atomic mass is 9.96. The quantitative estimate of drug-likeness (QED) is 0.833. The minimum atomic E-state index is -0.118. The van der Waals surface area contributed by atoms with Gasteiger partial charge in [-0.25, -0.2) is 0 Å². The Morgan fingerprint density at radius 3 is 2.81 bits per heavy atom. The highest BCUT2D eigenvalue weighted by Crippen LogP contribution is 2.27. The highest BCUT2D eigenvalue weighted by Gasteiger charge is 2.29. The summed E-state index contributed by atoms with van der Waals surface area (Å²) < 4.78 is 5.16. The molecule has 8 heteroatoms. The first-order chi connectivity index (χ1) is 12.6. The molecule has 26 heavy (non-hydrogen) atoms. The summed E-state index contributed by atoms with van der Waals surface area (Å²) in [5, 5.41) is 12.7. The number of nitrogens with zero attached hydrogens (tertiary/aromatic N) is 3. The highest BCUT2D eigenvalue weighted by atomic mass is 32.1. The van der Waals surface area contributed by atoms with Gasteiger partial charge < -0.3 is 14.6 Å². The van der Waals surface area contributed by atoms with Crippen LogP contribution in [-0.2, 0) is 4.79 Å². The van der Waals surface area contributed by atoms with Crippen LogP contribution in [0.25, 0.3) is 0 Å². The Kier molecular flexibility index (Phi) is 6.03. The molecule has 3 rings (SSSR count). The maximum absolute atomic E-state index is 12.5. The molecule has 3 heterocycles. The fourth-order valence-corrected chi connectivity index (χ4v) is 3.98. The summed E-state index contributed by atoms with van der Waals surface area (Å²) in [5.41, 5.74) is 0. The van der Waals surface area contributed by atoms with Crippen LogP contribution in [-0.4, -0.2) is 40.0 Å². The van der Waals surface area contributed by atoms with E-state index in [0.717, 1.165) is 17.8 Å². The molecule has 2 aromatic rings. The molecule has 1 aliphatic rings. The van der Waals surface area contributed by atoms with Gasteiger partial charge in [0.15, 0.2) is 5.76 Å². The predicted octanol–water partition coefficient (Wildman–Crippen LogP) is 3.53. The number of hydrogen-bond donors (Lipinski definition) is 1. The van der Waals surface area contributed by atoms with Crippen LogP contribution in [0.15, 0.2) is 22.8 Å². The average molecular weight is 376 g/mol. The molecule has 0 saturated carbocycles. The molecule has 0 radical (unpaired) electrons. The number of carbonyl (C=O) groups excluding carboxylic acids is 2. The van der Waals surface area contributed by atoms with Gasteiger partial charge in [0, 0.05) is 24.9 Å². The van der Waals surface area contributed by atoms with Crippen molar-refractivity contribution in [2.45, 2.75) is 45.4 Å². The number of carbonyl (C=O) groups is 2. The van der Waals surface area contributed by atoms with E-state index < -0.39 is 0 Å². The summed E-state index contributed by atoms with van der Waals surface area (Å²) in [6, 6.07) is 3.36. The van der Waals surface area contributed by atoms with E-state index in [2.05, 4.69) is 29.4 Å². The SMILES string of the molecule is CCCC(C)c1nnc(NC(=O)C2CCN(C(=O)c3ccco3)CC2)s1. The van der Waals surface area contributed by atoms with Crippen molar-refractivity contribution in [2.75, 3.05) is 18.4 Å². The fraction of sp³-hybridized carbons (Fsp3) is 0.556. The molecule has 1 saturated heterocycles. The summed E-state index contributed by atoms with van der Waals surface area (Å²) in [7, 11) is 0. The van der Waals surface area contributed by atoms with Crippen LogP contribution in [0.5, 0.6) is 0 Å². The van der Waals surface area contributed by atoms with Gasteiger partial charge in [-0.1, -0.05) is 31.6 Å². The second kappa shape index (κ2) is 8.44. The van der Waals surface area contributed by atoms with E-state index in [1.54, 1.807) is 17.0 Å². The fourth-order valence-electron chi connectivity index (χ4n) is 3.15. The summed E-state index contributed by atoms with van der Waals surface area (Å²) in [5.74, 6) is 0.430. The Morgan fingerprint density at radius 2 is 2.15 bits per heavy atom. The van der Waals surface area contributed by atoms with Gasteiger partial charge in [-0.05, 0) is 31.4 Å². The molecule has 1 unspecified atom stereocenters. The maximum Gasteiger partial charge on any atom is 0.289 e. The monoisotopic (exact) mass is 376 g/mol. The van der Waals surface area contributed by atoms with E-state index in [4.69, 9.17) is 4.42 Å². The van der Waals surface area contributed by atoms with Gasteiger partial charge >= 0.3 is 0 Å². The minimum absolute atomic E-state index is 0.0408. The number of anilines is 1. The van der Waals surface area contributed by atoms with E-state index in [0.29, 0.717) is 42.7 Å². The molecule has 0 aliphatic carbocycles. The van der Waals surface area contributed by atoms with Crippen molar-refractivity contribution < 1.29 is 14.0 Å². The molecule has 140 valence electrons. The summed E-state index contributed by atoms with van der Waals surface area (Å²) >= 11 is 1.45. The topological polar surface area (TPSA) is 88.3 Å². The van der Waals surface area contributed by atoms with Crippen molar-refractivity contribution >= 4 is 28.3 Å². The second-order valence-electron chi connectivity index (χ2n) is 6.67.